The Balaban J connectivity index is 1.32. The molecule has 0 spiro atoms. The van der Waals surface area contributed by atoms with Crippen LogP contribution in [-0.2, 0) is 6.18 Å². The number of hydrogen-bond acceptors (Lipinski definition) is 5. The van der Waals surface area contributed by atoms with Gasteiger partial charge >= 0.3 is 12.2 Å². The number of urea groups is 1. The first-order valence-corrected chi connectivity index (χ1v) is 12.5. The fourth-order valence-electron chi connectivity index (χ4n) is 4.31. The molecule has 0 bridgehead atoms. The number of alkyl halides is 3. The first-order valence-electron chi connectivity index (χ1n) is 12.1. The molecular formula is C28H18ClF3N8O. The first kappa shape index (κ1) is 26.0. The third-order valence-corrected chi connectivity index (χ3v) is 6.35. The van der Waals surface area contributed by atoms with Crippen molar-refractivity contribution in [2.45, 2.75) is 6.18 Å². The van der Waals surface area contributed by atoms with Crippen LogP contribution in [0.3, 0.4) is 0 Å². The van der Waals surface area contributed by atoms with Gasteiger partial charge in [0.1, 0.15) is 5.82 Å². The van der Waals surface area contributed by atoms with E-state index in [2.05, 4.69) is 25.6 Å². The minimum atomic E-state index is -4.67. The lowest BCUT2D eigenvalue weighted by Gasteiger charge is -2.15. The van der Waals surface area contributed by atoms with Gasteiger partial charge in [-0.3, -0.25) is 9.55 Å². The van der Waals surface area contributed by atoms with Crippen LogP contribution in [0.4, 0.5) is 29.3 Å². The van der Waals surface area contributed by atoms with Crippen molar-refractivity contribution in [2.75, 3.05) is 10.6 Å². The normalized spacial score (nSPS) is 11.5. The molecule has 0 atom stereocenters. The molecule has 2 amide bonds. The third-order valence-electron chi connectivity index (χ3n) is 6.12. The maximum atomic E-state index is 13.4. The Hall–Kier alpha value is -5.23. The summed E-state index contributed by atoms with van der Waals surface area (Å²) in [7, 11) is 0. The summed E-state index contributed by atoms with van der Waals surface area (Å²) in [6.07, 6.45) is 7.35. The highest BCUT2D eigenvalue weighted by Gasteiger charge is 2.34. The molecule has 4 heterocycles. The van der Waals surface area contributed by atoms with Crippen LogP contribution in [0, 0.1) is 0 Å². The van der Waals surface area contributed by atoms with Crippen molar-refractivity contribution in [3.63, 3.8) is 0 Å². The summed E-state index contributed by atoms with van der Waals surface area (Å²) in [4.78, 5) is 30.5. The van der Waals surface area contributed by atoms with Gasteiger partial charge in [-0.2, -0.15) is 13.2 Å². The second-order valence-electron chi connectivity index (χ2n) is 8.81. The Kier molecular flexibility index (Phi) is 6.59. The van der Waals surface area contributed by atoms with Crippen molar-refractivity contribution >= 4 is 34.7 Å². The van der Waals surface area contributed by atoms with Crippen molar-refractivity contribution in [3.05, 3.63) is 109 Å². The number of pyridine rings is 1. The van der Waals surface area contributed by atoms with Crippen LogP contribution in [0.25, 0.3) is 34.1 Å². The average Bonchev–Trinajstić information content (AvgIpc) is 3.62. The number of carbonyl (C=O) groups excluding carboxylic acids is 1. The highest BCUT2D eigenvalue weighted by Crippen LogP contribution is 2.36. The Morgan fingerprint density at radius 2 is 1.68 bits per heavy atom. The molecule has 0 unspecified atom stereocenters. The van der Waals surface area contributed by atoms with Gasteiger partial charge in [0.25, 0.3) is 0 Å². The number of benzene rings is 2. The van der Waals surface area contributed by atoms with Crippen LogP contribution in [0.1, 0.15) is 5.56 Å². The lowest BCUT2D eigenvalue weighted by molar-refractivity contribution is -0.136. The average molecular weight is 575 g/mol. The number of amides is 2. The molecular weight excluding hydrogens is 557 g/mol. The molecule has 6 aromatic rings. The molecule has 0 aliphatic rings. The maximum Gasteiger partial charge on any atom is 0.418 e. The Morgan fingerprint density at radius 1 is 0.878 bits per heavy atom. The first-order chi connectivity index (χ1) is 19.8. The molecule has 13 heteroatoms. The van der Waals surface area contributed by atoms with Crippen molar-refractivity contribution < 1.29 is 18.0 Å². The SMILES string of the molecule is O=C(Nc1cccc(-c2cn3ccnc3c(-n3ccnc3-c3ccncc3)n2)c1)Nc1cc(Cl)ccc1C(F)(F)F. The molecule has 204 valence electrons. The maximum absolute atomic E-state index is 13.4. The number of halogens is 4. The van der Waals surface area contributed by atoms with E-state index in [1.54, 1.807) is 67.6 Å². The molecule has 0 saturated carbocycles. The van der Waals surface area contributed by atoms with Crippen LogP contribution in [0.2, 0.25) is 5.02 Å². The lowest BCUT2D eigenvalue weighted by Crippen LogP contribution is -2.22. The van der Waals surface area contributed by atoms with E-state index in [4.69, 9.17) is 16.6 Å². The molecule has 9 nitrogen and oxygen atoms in total. The minimum Gasteiger partial charge on any atom is -0.308 e. The van der Waals surface area contributed by atoms with Crippen LogP contribution in [0.5, 0.6) is 0 Å². The number of hydrogen-bond donors (Lipinski definition) is 2. The van der Waals surface area contributed by atoms with Gasteiger partial charge in [0.15, 0.2) is 11.5 Å². The van der Waals surface area contributed by atoms with E-state index in [9.17, 15) is 18.0 Å². The molecule has 6 rings (SSSR count). The zero-order valence-corrected chi connectivity index (χ0v) is 21.6. The van der Waals surface area contributed by atoms with Crippen LogP contribution in [0.15, 0.2) is 98.0 Å². The van der Waals surface area contributed by atoms with E-state index in [0.717, 1.165) is 23.8 Å². The third kappa shape index (κ3) is 5.32. The standard InChI is InChI=1S/C28H18ClF3N8O/c29-19-4-5-21(28(30,31)32)22(15-19)38-27(41)36-20-3-1-2-18(14-20)23-16-39-12-10-35-25(39)26(37-23)40-13-11-34-24(40)17-6-8-33-9-7-17/h1-16H,(H2,36,38,41). The van der Waals surface area contributed by atoms with E-state index in [1.807, 2.05) is 21.1 Å². The smallest absolute Gasteiger partial charge is 0.308 e. The molecule has 4 aromatic heterocycles. The summed E-state index contributed by atoms with van der Waals surface area (Å²) in [5.41, 5.74) is 1.50. The number of nitrogens with one attached hydrogen (secondary N) is 2. The number of rotatable bonds is 5. The summed E-state index contributed by atoms with van der Waals surface area (Å²) in [6.45, 7) is 0. The number of fused-ring (bicyclic) bond motifs is 1. The number of nitrogens with zero attached hydrogens (tertiary/aromatic N) is 6. The quantitative estimate of drug-likeness (QED) is 0.232. The molecule has 2 aromatic carbocycles. The Morgan fingerprint density at radius 3 is 2.49 bits per heavy atom. The van der Waals surface area contributed by atoms with Crippen LogP contribution in [-0.4, -0.2) is 34.9 Å². The van der Waals surface area contributed by atoms with Crippen molar-refractivity contribution in [2.24, 2.45) is 0 Å². The number of anilines is 2. The van der Waals surface area contributed by atoms with Gasteiger partial charge in [-0.25, -0.2) is 19.7 Å². The van der Waals surface area contributed by atoms with Crippen molar-refractivity contribution in [3.8, 4) is 28.5 Å². The van der Waals surface area contributed by atoms with E-state index >= 15 is 0 Å². The van der Waals surface area contributed by atoms with Gasteiger partial charge in [-0.1, -0.05) is 23.7 Å². The predicted octanol–water partition coefficient (Wildman–Crippen LogP) is 6.96. The van der Waals surface area contributed by atoms with E-state index in [-0.39, 0.29) is 5.02 Å². The second-order valence-corrected chi connectivity index (χ2v) is 9.25. The predicted molar refractivity (Wildman–Crippen MR) is 148 cm³/mol. The molecule has 0 saturated heterocycles. The second kappa shape index (κ2) is 10.4. The summed E-state index contributed by atoms with van der Waals surface area (Å²) in [5, 5.41) is 4.87. The molecule has 0 radical (unpaired) electrons. The van der Waals surface area contributed by atoms with Gasteiger partial charge in [-0.05, 0) is 42.5 Å². The van der Waals surface area contributed by atoms with Crippen molar-refractivity contribution in [1.82, 2.24) is 28.9 Å². The Labute approximate surface area is 235 Å². The van der Waals surface area contributed by atoms with Gasteiger partial charge in [0.2, 0.25) is 0 Å². The monoisotopic (exact) mass is 574 g/mol. The van der Waals surface area contributed by atoms with Gasteiger partial charge in [0, 0.05) is 65.2 Å². The fraction of sp³-hybridized carbons (Fsp3) is 0.0357. The number of aromatic nitrogens is 6. The van der Waals surface area contributed by atoms with Gasteiger partial charge in [-0.15, -0.1) is 0 Å². The highest BCUT2D eigenvalue weighted by atomic mass is 35.5. The van der Waals surface area contributed by atoms with Crippen LogP contribution < -0.4 is 10.6 Å². The molecule has 2 N–H and O–H groups in total. The van der Waals surface area contributed by atoms with E-state index in [1.165, 1.54) is 0 Å². The Bertz CT molecular complexity index is 1890. The topological polar surface area (TPSA) is 102 Å². The van der Waals surface area contributed by atoms with Gasteiger partial charge < -0.3 is 15.0 Å². The largest absolute Gasteiger partial charge is 0.418 e. The molecule has 0 fully saturated rings. The van der Waals surface area contributed by atoms with Gasteiger partial charge in [0.05, 0.1) is 16.9 Å². The van der Waals surface area contributed by atoms with Crippen molar-refractivity contribution in [1.29, 1.82) is 0 Å². The summed E-state index contributed by atoms with van der Waals surface area (Å²) >= 11 is 5.87. The highest BCUT2D eigenvalue weighted by molar-refractivity contribution is 6.31. The summed E-state index contributed by atoms with van der Waals surface area (Å²) in [6, 6.07) is 12.6. The van der Waals surface area contributed by atoms with E-state index < -0.39 is 23.5 Å². The molecule has 41 heavy (non-hydrogen) atoms. The number of carbonyl (C=O) groups is 1. The fourth-order valence-corrected chi connectivity index (χ4v) is 4.48. The van der Waals surface area contributed by atoms with Crippen LogP contribution >= 0.6 is 11.6 Å². The molecule has 0 aliphatic heterocycles. The zero-order chi connectivity index (χ0) is 28.6. The number of imidazole rings is 2. The summed E-state index contributed by atoms with van der Waals surface area (Å²) in [5.74, 6) is 1.17. The minimum absolute atomic E-state index is 0.0528. The lowest BCUT2D eigenvalue weighted by atomic mass is 10.1. The molecule has 0 aliphatic carbocycles. The van der Waals surface area contributed by atoms with E-state index in [0.29, 0.717) is 34.2 Å². The zero-order valence-electron chi connectivity index (χ0n) is 20.8. The summed E-state index contributed by atoms with van der Waals surface area (Å²) < 4.78 is 43.9.